The molecule has 3 heteroatoms. The van der Waals surface area contributed by atoms with E-state index in [0.717, 1.165) is 9.79 Å². The monoisotopic (exact) mass is 244 g/mol. The zero-order chi connectivity index (χ0) is 12.3. The van der Waals surface area contributed by atoms with Gasteiger partial charge in [0.25, 0.3) is 0 Å². The zero-order valence-electron chi connectivity index (χ0n) is 9.38. The van der Waals surface area contributed by atoms with Crippen molar-refractivity contribution in [1.82, 2.24) is 0 Å². The van der Waals surface area contributed by atoms with Gasteiger partial charge in [0.2, 0.25) is 0 Å². The fourth-order valence-electron chi connectivity index (χ4n) is 1.49. The van der Waals surface area contributed by atoms with E-state index in [0.29, 0.717) is 5.56 Å². The topological polar surface area (TPSA) is 37.3 Å². The Labute approximate surface area is 104 Å². The maximum Gasteiger partial charge on any atom is 0.163 e. The summed E-state index contributed by atoms with van der Waals surface area (Å²) in [5, 5.41) is 9.54. The highest BCUT2D eigenvalue weighted by Gasteiger charge is 2.07. The number of carbonyl (C=O) groups excluding carboxylic acids is 1. The number of Topliss-reactive ketones (excluding diaryl/α,β-unsaturated/α-hetero) is 1. The molecule has 0 fully saturated rings. The first kappa shape index (κ1) is 11.7. The van der Waals surface area contributed by atoms with Gasteiger partial charge in [0.05, 0.1) is 5.56 Å². The van der Waals surface area contributed by atoms with Gasteiger partial charge in [0.1, 0.15) is 5.75 Å². The molecule has 0 unspecified atom stereocenters. The second-order valence-corrected chi connectivity index (χ2v) is 4.80. The predicted octanol–water partition coefficient (Wildman–Crippen LogP) is 3.75. The highest BCUT2D eigenvalue weighted by Crippen LogP contribution is 2.30. The van der Waals surface area contributed by atoms with E-state index in [2.05, 4.69) is 0 Å². The third kappa shape index (κ3) is 2.88. The van der Waals surface area contributed by atoms with Gasteiger partial charge in [-0.25, -0.2) is 0 Å². The lowest BCUT2D eigenvalue weighted by Crippen LogP contribution is -1.92. The molecule has 2 aromatic rings. The van der Waals surface area contributed by atoms with E-state index in [4.69, 9.17) is 0 Å². The Balaban J connectivity index is 2.29. The van der Waals surface area contributed by atoms with Gasteiger partial charge in [0.15, 0.2) is 5.78 Å². The molecule has 0 radical (unpaired) electrons. The Kier molecular flexibility index (Phi) is 3.49. The molecule has 0 amide bonds. The third-order valence-electron chi connectivity index (χ3n) is 2.33. The third-order valence-corrected chi connectivity index (χ3v) is 3.32. The molecular weight excluding hydrogens is 232 g/mol. The highest BCUT2D eigenvalue weighted by atomic mass is 32.2. The Morgan fingerprint density at radius 1 is 1.06 bits per heavy atom. The van der Waals surface area contributed by atoms with Crippen LogP contribution in [0.2, 0.25) is 0 Å². The summed E-state index contributed by atoms with van der Waals surface area (Å²) in [7, 11) is 0. The normalized spacial score (nSPS) is 10.2. The zero-order valence-corrected chi connectivity index (χ0v) is 10.2. The van der Waals surface area contributed by atoms with Crippen LogP contribution in [0.5, 0.6) is 5.75 Å². The molecular formula is C14H12O2S. The molecule has 0 spiro atoms. The molecule has 2 nitrogen and oxygen atoms in total. The molecule has 2 rings (SSSR count). The lowest BCUT2D eigenvalue weighted by atomic mass is 10.1. The van der Waals surface area contributed by atoms with E-state index < -0.39 is 0 Å². The first-order valence-electron chi connectivity index (χ1n) is 5.23. The quantitative estimate of drug-likeness (QED) is 0.835. The van der Waals surface area contributed by atoms with Crippen LogP contribution in [0.1, 0.15) is 17.3 Å². The number of hydrogen-bond acceptors (Lipinski definition) is 3. The highest BCUT2D eigenvalue weighted by molar-refractivity contribution is 7.99. The van der Waals surface area contributed by atoms with Crippen LogP contribution in [0.3, 0.4) is 0 Å². The van der Waals surface area contributed by atoms with Gasteiger partial charge in [-0.1, -0.05) is 30.0 Å². The molecule has 0 saturated heterocycles. The van der Waals surface area contributed by atoms with Gasteiger partial charge < -0.3 is 5.11 Å². The van der Waals surface area contributed by atoms with Crippen molar-refractivity contribution in [2.45, 2.75) is 16.7 Å². The minimum atomic E-state index is -0.127. The summed E-state index contributed by atoms with van der Waals surface area (Å²) < 4.78 is 0. The van der Waals surface area contributed by atoms with Crippen LogP contribution >= 0.6 is 11.8 Å². The number of benzene rings is 2. The van der Waals surface area contributed by atoms with E-state index in [1.54, 1.807) is 30.0 Å². The van der Waals surface area contributed by atoms with Crippen LogP contribution in [-0.4, -0.2) is 10.9 Å². The molecule has 1 N–H and O–H groups in total. The number of phenols is 1. The fraction of sp³-hybridized carbons (Fsp3) is 0.0714. The standard InChI is InChI=1S/C14H12O2S/c1-10(15)13-9-12(7-8-14(13)16)17-11-5-3-2-4-6-11/h2-9,16H,1H3. The Morgan fingerprint density at radius 3 is 2.41 bits per heavy atom. The molecule has 0 aliphatic heterocycles. The van der Waals surface area contributed by atoms with E-state index in [9.17, 15) is 9.90 Å². The van der Waals surface area contributed by atoms with Gasteiger partial charge in [-0.2, -0.15) is 0 Å². The smallest absolute Gasteiger partial charge is 0.163 e. The second kappa shape index (κ2) is 5.06. The Hall–Kier alpha value is -1.74. The number of ketones is 1. The maximum absolute atomic E-state index is 11.3. The summed E-state index contributed by atoms with van der Waals surface area (Å²) >= 11 is 1.56. The van der Waals surface area contributed by atoms with Crippen LogP contribution in [0.25, 0.3) is 0 Å². The SMILES string of the molecule is CC(=O)c1cc(Sc2ccccc2)ccc1O. The summed E-state index contributed by atoms with van der Waals surface area (Å²) in [6.07, 6.45) is 0. The molecule has 0 aromatic heterocycles. The van der Waals surface area contributed by atoms with Crippen molar-refractivity contribution >= 4 is 17.5 Å². The van der Waals surface area contributed by atoms with Crippen molar-refractivity contribution in [2.75, 3.05) is 0 Å². The molecule has 0 bridgehead atoms. The van der Waals surface area contributed by atoms with E-state index in [1.165, 1.54) is 6.92 Å². The van der Waals surface area contributed by atoms with Crippen molar-refractivity contribution in [2.24, 2.45) is 0 Å². The van der Waals surface area contributed by atoms with Crippen molar-refractivity contribution in [3.05, 3.63) is 54.1 Å². The Bertz CT molecular complexity index is 535. The summed E-state index contributed by atoms with van der Waals surface area (Å²) in [6, 6.07) is 15.0. The van der Waals surface area contributed by atoms with Gasteiger partial charge in [-0.15, -0.1) is 0 Å². The number of rotatable bonds is 3. The minimum Gasteiger partial charge on any atom is -0.507 e. The van der Waals surface area contributed by atoms with Crippen molar-refractivity contribution < 1.29 is 9.90 Å². The summed E-state index contributed by atoms with van der Waals surface area (Å²) in [4.78, 5) is 13.3. The molecule has 86 valence electrons. The van der Waals surface area contributed by atoms with Crippen LogP contribution in [-0.2, 0) is 0 Å². The average molecular weight is 244 g/mol. The van der Waals surface area contributed by atoms with Crippen molar-refractivity contribution in [3.63, 3.8) is 0 Å². The molecule has 0 saturated carbocycles. The molecule has 17 heavy (non-hydrogen) atoms. The van der Waals surface area contributed by atoms with Crippen molar-refractivity contribution in [3.8, 4) is 5.75 Å². The number of aromatic hydroxyl groups is 1. The lowest BCUT2D eigenvalue weighted by Gasteiger charge is -2.05. The minimum absolute atomic E-state index is 0.0370. The van der Waals surface area contributed by atoms with Crippen LogP contribution in [0.15, 0.2) is 58.3 Å². The molecule has 0 aliphatic rings. The molecule has 0 atom stereocenters. The summed E-state index contributed by atoms with van der Waals surface area (Å²) in [5.74, 6) is -0.0899. The molecule has 0 aliphatic carbocycles. The fourth-order valence-corrected chi connectivity index (χ4v) is 2.36. The van der Waals surface area contributed by atoms with Gasteiger partial charge >= 0.3 is 0 Å². The first-order chi connectivity index (χ1) is 8.16. The summed E-state index contributed by atoms with van der Waals surface area (Å²) in [5.41, 5.74) is 0.367. The average Bonchev–Trinajstić information content (AvgIpc) is 2.32. The van der Waals surface area contributed by atoms with Crippen LogP contribution < -0.4 is 0 Å². The maximum atomic E-state index is 11.3. The van der Waals surface area contributed by atoms with Crippen LogP contribution in [0, 0.1) is 0 Å². The molecule has 2 aromatic carbocycles. The second-order valence-electron chi connectivity index (χ2n) is 3.65. The Morgan fingerprint density at radius 2 is 1.76 bits per heavy atom. The van der Waals surface area contributed by atoms with E-state index >= 15 is 0 Å². The largest absolute Gasteiger partial charge is 0.507 e. The van der Waals surface area contributed by atoms with Gasteiger partial charge in [-0.3, -0.25) is 4.79 Å². The van der Waals surface area contributed by atoms with Crippen LogP contribution in [0.4, 0.5) is 0 Å². The van der Waals surface area contributed by atoms with Gasteiger partial charge in [0, 0.05) is 9.79 Å². The van der Waals surface area contributed by atoms with Gasteiger partial charge in [-0.05, 0) is 37.3 Å². The molecule has 0 heterocycles. The number of hydrogen-bond donors (Lipinski definition) is 1. The van der Waals surface area contributed by atoms with E-state index in [-0.39, 0.29) is 11.5 Å². The predicted molar refractivity (Wildman–Crippen MR) is 68.7 cm³/mol. The number of carbonyl (C=O) groups is 1. The van der Waals surface area contributed by atoms with E-state index in [1.807, 2.05) is 30.3 Å². The first-order valence-corrected chi connectivity index (χ1v) is 6.05. The number of phenolic OH excluding ortho intramolecular Hbond substituents is 1. The van der Waals surface area contributed by atoms with Crippen molar-refractivity contribution in [1.29, 1.82) is 0 Å². The lowest BCUT2D eigenvalue weighted by molar-refractivity contribution is 0.101. The summed E-state index contributed by atoms with van der Waals surface area (Å²) in [6.45, 7) is 1.45.